The van der Waals surface area contributed by atoms with Gasteiger partial charge in [0.05, 0.1) is 6.33 Å². The Hall–Kier alpha value is -0.880. The van der Waals surface area contributed by atoms with Crippen molar-refractivity contribution in [3.63, 3.8) is 0 Å². The van der Waals surface area contributed by atoms with Crippen LogP contribution in [0.4, 0.5) is 5.82 Å². The molecule has 1 aromatic rings. The largest absolute Gasteiger partial charge is 0.367 e. The number of hydrogen-bond acceptors (Lipinski definition) is 4. The first-order chi connectivity index (χ1) is 8.22. The van der Waals surface area contributed by atoms with Gasteiger partial charge in [0.25, 0.3) is 5.56 Å². The van der Waals surface area contributed by atoms with Crippen LogP contribution in [0, 0.1) is 0 Å². The fraction of sp³-hybridized carbons (Fsp3) is 0.636. The van der Waals surface area contributed by atoms with Crippen molar-refractivity contribution in [1.29, 1.82) is 0 Å². The molecule has 1 aromatic heterocycles. The molecule has 1 saturated heterocycles. The van der Waals surface area contributed by atoms with Crippen molar-refractivity contribution in [3.05, 3.63) is 21.2 Å². The van der Waals surface area contributed by atoms with Gasteiger partial charge in [0, 0.05) is 12.6 Å². The highest BCUT2D eigenvalue weighted by Crippen LogP contribution is 2.18. The zero-order valence-electron chi connectivity index (χ0n) is 9.87. The van der Waals surface area contributed by atoms with Gasteiger partial charge in [-0.1, -0.05) is 6.92 Å². The van der Waals surface area contributed by atoms with Crippen LogP contribution in [0.2, 0.25) is 0 Å². The molecule has 0 aromatic carbocycles. The number of likely N-dealkylation sites (N-methyl/N-ethyl adjacent to an activating group) is 1. The number of likely N-dealkylation sites (tertiary alicyclic amines) is 1. The summed E-state index contributed by atoms with van der Waals surface area (Å²) in [7, 11) is 0. The van der Waals surface area contributed by atoms with E-state index < -0.39 is 0 Å². The van der Waals surface area contributed by atoms with Crippen LogP contribution in [0.5, 0.6) is 0 Å². The molecule has 2 heterocycles. The predicted molar refractivity (Wildman–Crippen MR) is 71.3 cm³/mol. The molecule has 1 unspecified atom stereocenters. The minimum Gasteiger partial charge on any atom is -0.367 e. The molecule has 0 bridgehead atoms. The van der Waals surface area contributed by atoms with Crippen molar-refractivity contribution >= 4 is 21.7 Å². The summed E-state index contributed by atoms with van der Waals surface area (Å²) in [5, 5.41) is 3.24. The molecule has 1 aliphatic rings. The third-order valence-electron chi connectivity index (χ3n) is 3.21. The van der Waals surface area contributed by atoms with Crippen LogP contribution in [0.1, 0.15) is 19.8 Å². The van der Waals surface area contributed by atoms with Gasteiger partial charge in [0.2, 0.25) is 0 Å². The second-order valence-electron chi connectivity index (χ2n) is 4.20. The maximum Gasteiger partial charge on any atom is 0.267 e. The zero-order valence-corrected chi connectivity index (χ0v) is 11.5. The normalized spacial score (nSPS) is 20.7. The highest BCUT2D eigenvalue weighted by molar-refractivity contribution is 9.10. The zero-order chi connectivity index (χ0) is 12.3. The summed E-state index contributed by atoms with van der Waals surface area (Å²) in [6, 6.07) is 0.549. The van der Waals surface area contributed by atoms with E-state index in [1.54, 1.807) is 0 Å². The molecule has 0 spiro atoms. The molecule has 94 valence electrons. The smallest absolute Gasteiger partial charge is 0.267 e. The summed E-state index contributed by atoms with van der Waals surface area (Å²) in [6.45, 7) is 5.27. The molecule has 2 rings (SSSR count). The Morgan fingerprint density at radius 1 is 1.71 bits per heavy atom. The van der Waals surface area contributed by atoms with Crippen molar-refractivity contribution in [2.24, 2.45) is 0 Å². The van der Waals surface area contributed by atoms with E-state index in [1.807, 2.05) is 0 Å². The molecular weight excluding hydrogens is 284 g/mol. The van der Waals surface area contributed by atoms with Gasteiger partial charge >= 0.3 is 0 Å². The van der Waals surface area contributed by atoms with E-state index in [-0.39, 0.29) is 5.56 Å². The summed E-state index contributed by atoms with van der Waals surface area (Å²) in [5.74, 6) is 0.622. The topological polar surface area (TPSA) is 61.0 Å². The van der Waals surface area contributed by atoms with Crippen LogP contribution in [-0.4, -0.2) is 40.5 Å². The number of halogens is 1. The lowest BCUT2D eigenvalue weighted by Gasteiger charge is -2.23. The predicted octanol–water partition coefficient (Wildman–Crippen LogP) is 1.43. The Balaban J connectivity index is 1.98. The van der Waals surface area contributed by atoms with Crippen LogP contribution < -0.4 is 10.9 Å². The van der Waals surface area contributed by atoms with E-state index in [0.717, 1.165) is 13.1 Å². The Morgan fingerprint density at radius 3 is 3.29 bits per heavy atom. The number of anilines is 1. The number of nitrogens with one attached hydrogen (secondary N) is 2. The summed E-state index contributed by atoms with van der Waals surface area (Å²) in [4.78, 5) is 20.5. The van der Waals surface area contributed by atoms with Gasteiger partial charge < -0.3 is 10.3 Å². The van der Waals surface area contributed by atoms with Crippen LogP contribution >= 0.6 is 15.9 Å². The first kappa shape index (κ1) is 12.6. The number of H-pyrrole nitrogens is 1. The van der Waals surface area contributed by atoms with E-state index in [2.05, 4.69) is 43.0 Å². The van der Waals surface area contributed by atoms with Crippen molar-refractivity contribution in [3.8, 4) is 0 Å². The molecule has 0 aliphatic carbocycles. The lowest BCUT2D eigenvalue weighted by molar-refractivity contribution is 0.277. The molecule has 1 aliphatic heterocycles. The molecule has 6 heteroatoms. The van der Waals surface area contributed by atoms with Crippen molar-refractivity contribution in [1.82, 2.24) is 14.9 Å². The minimum absolute atomic E-state index is 0.152. The average molecular weight is 301 g/mol. The van der Waals surface area contributed by atoms with E-state index in [1.165, 1.54) is 25.7 Å². The van der Waals surface area contributed by atoms with E-state index >= 15 is 0 Å². The van der Waals surface area contributed by atoms with Crippen LogP contribution in [-0.2, 0) is 0 Å². The van der Waals surface area contributed by atoms with Gasteiger partial charge in [0.1, 0.15) is 10.3 Å². The minimum atomic E-state index is -0.152. The molecule has 1 fully saturated rings. The third kappa shape index (κ3) is 2.87. The highest BCUT2D eigenvalue weighted by atomic mass is 79.9. The van der Waals surface area contributed by atoms with Gasteiger partial charge in [-0.2, -0.15) is 0 Å². The number of nitrogens with zero attached hydrogens (tertiary/aromatic N) is 2. The third-order valence-corrected chi connectivity index (χ3v) is 3.94. The van der Waals surface area contributed by atoms with Crippen LogP contribution in [0.25, 0.3) is 0 Å². The van der Waals surface area contributed by atoms with Crippen molar-refractivity contribution < 1.29 is 0 Å². The highest BCUT2D eigenvalue weighted by Gasteiger charge is 2.22. The van der Waals surface area contributed by atoms with Gasteiger partial charge in [-0.25, -0.2) is 4.98 Å². The van der Waals surface area contributed by atoms with Gasteiger partial charge in [-0.3, -0.25) is 9.69 Å². The van der Waals surface area contributed by atoms with Gasteiger partial charge in [-0.15, -0.1) is 0 Å². The van der Waals surface area contributed by atoms with Gasteiger partial charge in [-0.05, 0) is 41.9 Å². The monoisotopic (exact) mass is 300 g/mol. The standard InChI is InChI=1S/C11H17BrN4O/c1-2-16-5-3-4-8(16)6-13-10-9(12)11(17)15-7-14-10/h7-8H,2-6H2,1H3,(H2,13,14,15,17). The molecule has 0 amide bonds. The molecule has 2 N–H and O–H groups in total. The number of hydrogen-bond donors (Lipinski definition) is 2. The molecule has 17 heavy (non-hydrogen) atoms. The Morgan fingerprint density at radius 2 is 2.53 bits per heavy atom. The molecule has 0 radical (unpaired) electrons. The van der Waals surface area contributed by atoms with Crippen LogP contribution in [0.15, 0.2) is 15.6 Å². The fourth-order valence-electron chi connectivity index (χ4n) is 2.26. The van der Waals surface area contributed by atoms with Crippen LogP contribution in [0.3, 0.4) is 0 Å². The number of aromatic nitrogens is 2. The summed E-state index contributed by atoms with van der Waals surface area (Å²) in [5.41, 5.74) is -0.152. The summed E-state index contributed by atoms with van der Waals surface area (Å²) < 4.78 is 0.473. The lowest BCUT2D eigenvalue weighted by Crippen LogP contribution is -2.35. The van der Waals surface area contributed by atoms with E-state index in [9.17, 15) is 4.79 Å². The lowest BCUT2D eigenvalue weighted by atomic mass is 10.2. The summed E-state index contributed by atoms with van der Waals surface area (Å²) in [6.07, 6.45) is 3.88. The average Bonchev–Trinajstić information content (AvgIpc) is 2.78. The first-order valence-corrected chi connectivity index (χ1v) is 6.72. The Kier molecular flexibility index (Phi) is 4.17. The second-order valence-corrected chi connectivity index (χ2v) is 4.99. The van der Waals surface area contributed by atoms with E-state index in [0.29, 0.717) is 16.3 Å². The van der Waals surface area contributed by atoms with Crippen molar-refractivity contribution in [2.45, 2.75) is 25.8 Å². The quantitative estimate of drug-likeness (QED) is 0.883. The second kappa shape index (κ2) is 5.64. The number of aromatic amines is 1. The Bertz CT molecular complexity index is 434. The van der Waals surface area contributed by atoms with Crippen molar-refractivity contribution in [2.75, 3.05) is 25.0 Å². The maximum absolute atomic E-state index is 11.4. The molecule has 5 nitrogen and oxygen atoms in total. The summed E-state index contributed by atoms with van der Waals surface area (Å²) >= 11 is 3.24. The SMILES string of the molecule is CCN1CCCC1CNc1nc[nH]c(=O)c1Br. The number of rotatable bonds is 4. The fourth-order valence-corrected chi connectivity index (χ4v) is 2.62. The Labute approximate surface area is 109 Å². The maximum atomic E-state index is 11.4. The molecular formula is C11H17BrN4O. The molecule has 1 atom stereocenters. The van der Waals surface area contributed by atoms with E-state index in [4.69, 9.17) is 0 Å². The van der Waals surface area contributed by atoms with Gasteiger partial charge in [0.15, 0.2) is 0 Å². The first-order valence-electron chi connectivity index (χ1n) is 5.93. The molecule has 0 saturated carbocycles.